The number of carbonyl (C=O) groups is 1. The van der Waals surface area contributed by atoms with E-state index in [2.05, 4.69) is 29.3 Å². The van der Waals surface area contributed by atoms with Crippen molar-refractivity contribution in [2.75, 3.05) is 40.0 Å². The molecule has 1 aliphatic rings. The van der Waals surface area contributed by atoms with Crippen LogP contribution in [0.5, 0.6) is 0 Å². The van der Waals surface area contributed by atoms with Gasteiger partial charge in [-0.25, -0.2) is 4.79 Å². The molecular formula is C18H28N2O3. The van der Waals surface area contributed by atoms with Crippen molar-refractivity contribution in [2.45, 2.75) is 31.7 Å². The zero-order chi connectivity index (χ0) is 16.5. The second-order valence-electron chi connectivity index (χ2n) is 6.01. The van der Waals surface area contributed by atoms with Gasteiger partial charge in [-0.15, -0.1) is 0 Å². The van der Waals surface area contributed by atoms with E-state index in [-0.39, 0.29) is 18.1 Å². The standard InChI is InChI=1S/C18H28N2O3/c1-3-4-11-23-18(21)19-17-14-20(10-12-22-2)13-16(17)15-8-6-5-7-9-15/h5-9,16-17H,3-4,10-14H2,1-2H3,(H,19,21)/t16-,17+/m0/s1. The maximum Gasteiger partial charge on any atom is 0.407 e. The van der Waals surface area contributed by atoms with Gasteiger partial charge in [0, 0.05) is 32.7 Å². The third-order valence-electron chi connectivity index (χ3n) is 4.27. The number of methoxy groups -OCH3 is 1. The van der Waals surface area contributed by atoms with Crippen LogP contribution in [0.25, 0.3) is 0 Å². The van der Waals surface area contributed by atoms with Crippen molar-refractivity contribution in [1.29, 1.82) is 0 Å². The average Bonchev–Trinajstić information content (AvgIpc) is 2.96. The van der Waals surface area contributed by atoms with Crippen LogP contribution in [0.4, 0.5) is 4.79 Å². The van der Waals surface area contributed by atoms with Crippen LogP contribution >= 0.6 is 0 Å². The fraction of sp³-hybridized carbons (Fsp3) is 0.611. The minimum Gasteiger partial charge on any atom is -0.450 e. The predicted molar refractivity (Wildman–Crippen MR) is 90.7 cm³/mol. The van der Waals surface area contributed by atoms with Gasteiger partial charge in [-0.3, -0.25) is 4.90 Å². The van der Waals surface area contributed by atoms with Crippen LogP contribution in [0.15, 0.2) is 30.3 Å². The molecule has 128 valence electrons. The Hall–Kier alpha value is -1.59. The molecule has 1 heterocycles. The molecule has 1 fully saturated rings. The third kappa shape index (κ3) is 5.52. The van der Waals surface area contributed by atoms with Crippen LogP contribution in [-0.4, -0.2) is 57.0 Å². The van der Waals surface area contributed by atoms with Gasteiger partial charge in [-0.2, -0.15) is 0 Å². The summed E-state index contributed by atoms with van der Waals surface area (Å²) in [5.41, 5.74) is 1.26. The second-order valence-corrected chi connectivity index (χ2v) is 6.01. The Kier molecular flexibility index (Phi) is 7.36. The Labute approximate surface area is 139 Å². The molecule has 0 unspecified atom stereocenters. The molecular weight excluding hydrogens is 292 g/mol. The molecule has 1 amide bonds. The summed E-state index contributed by atoms with van der Waals surface area (Å²) in [5.74, 6) is 0.284. The number of alkyl carbamates (subject to hydrolysis) is 1. The minimum atomic E-state index is -0.307. The second kappa shape index (κ2) is 9.53. The fourth-order valence-corrected chi connectivity index (χ4v) is 2.97. The summed E-state index contributed by atoms with van der Waals surface area (Å²) in [5, 5.41) is 3.05. The first kappa shape index (κ1) is 17.8. The van der Waals surface area contributed by atoms with Gasteiger partial charge in [0.25, 0.3) is 0 Å². The maximum absolute atomic E-state index is 12.0. The van der Waals surface area contributed by atoms with Crippen LogP contribution in [0.2, 0.25) is 0 Å². The number of hydrogen-bond donors (Lipinski definition) is 1. The van der Waals surface area contributed by atoms with Gasteiger partial charge in [-0.1, -0.05) is 43.7 Å². The number of unbranched alkanes of at least 4 members (excludes halogenated alkanes) is 1. The number of carbonyl (C=O) groups excluding carboxylic acids is 1. The van der Waals surface area contributed by atoms with Crippen LogP contribution in [0.3, 0.4) is 0 Å². The molecule has 1 aromatic rings. The molecule has 2 rings (SSSR count). The van der Waals surface area contributed by atoms with E-state index < -0.39 is 0 Å². The largest absolute Gasteiger partial charge is 0.450 e. The molecule has 2 atom stereocenters. The average molecular weight is 320 g/mol. The van der Waals surface area contributed by atoms with Crippen molar-refractivity contribution in [3.05, 3.63) is 35.9 Å². The van der Waals surface area contributed by atoms with Gasteiger partial charge in [0.2, 0.25) is 0 Å². The van der Waals surface area contributed by atoms with E-state index >= 15 is 0 Å². The highest BCUT2D eigenvalue weighted by Gasteiger charge is 2.34. The normalized spacial score (nSPS) is 21.3. The summed E-state index contributed by atoms with van der Waals surface area (Å²) in [6.45, 7) is 5.90. The first-order valence-corrected chi connectivity index (χ1v) is 8.44. The molecule has 5 nitrogen and oxygen atoms in total. The summed E-state index contributed by atoms with van der Waals surface area (Å²) in [6, 6.07) is 10.4. The molecule has 5 heteroatoms. The van der Waals surface area contributed by atoms with Crippen molar-refractivity contribution >= 4 is 6.09 Å². The zero-order valence-corrected chi connectivity index (χ0v) is 14.2. The number of benzene rings is 1. The summed E-state index contributed by atoms with van der Waals surface area (Å²) >= 11 is 0. The van der Waals surface area contributed by atoms with E-state index in [1.807, 2.05) is 18.2 Å². The molecule has 1 aliphatic heterocycles. The van der Waals surface area contributed by atoms with E-state index in [0.717, 1.165) is 32.5 Å². The lowest BCUT2D eigenvalue weighted by Gasteiger charge is -2.20. The monoisotopic (exact) mass is 320 g/mol. The maximum atomic E-state index is 12.0. The molecule has 0 radical (unpaired) electrons. The summed E-state index contributed by atoms with van der Waals surface area (Å²) in [4.78, 5) is 14.3. The number of nitrogens with zero attached hydrogens (tertiary/aromatic N) is 1. The number of amides is 1. The fourth-order valence-electron chi connectivity index (χ4n) is 2.97. The van der Waals surface area contributed by atoms with Gasteiger partial charge in [0.05, 0.1) is 19.3 Å². The number of hydrogen-bond acceptors (Lipinski definition) is 4. The van der Waals surface area contributed by atoms with E-state index in [0.29, 0.717) is 13.2 Å². The Balaban J connectivity index is 1.96. The molecule has 0 aromatic heterocycles. The number of ether oxygens (including phenoxy) is 2. The van der Waals surface area contributed by atoms with Gasteiger partial charge in [0.15, 0.2) is 0 Å². The van der Waals surface area contributed by atoms with Crippen LogP contribution in [0.1, 0.15) is 31.2 Å². The van der Waals surface area contributed by atoms with Crippen molar-refractivity contribution in [2.24, 2.45) is 0 Å². The van der Waals surface area contributed by atoms with Crippen LogP contribution in [-0.2, 0) is 9.47 Å². The molecule has 0 spiro atoms. The first-order valence-electron chi connectivity index (χ1n) is 8.44. The van der Waals surface area contributed by atoms with E-state index in [9.17, 15) is 4.79 Å². The third-order valence-corrected chi connectivity index (χ3v) is 4.27. The zero-order valence-electron chi connectivity index (χ0n) is 14.2. The molecule has 0 aliphatic carbocycles. The van der Waals surface area contributed by atoms with Crippen LogP contribution in [0, 0.1) is 0 Å². The smallest absolute Gasteiger partial charge is 0.407 e. The Morgan fingerprint density at radius 1 is 1.26 bits per heavy atom. The Morgan fingerprint density at radius 3 is 2.74 bits per heavy atom. The Bertz CT molecular complexity index is 467. The molecule has 1 saturated heterocycles. The molecule has 0 bridgehead atoms. The lowest BCUT2D eigenvalue weighted by atomic mass is 9.94. The number of rotatable bonds is 8. The summed E-state index contributed by atoms with van der Waals surface area (Å²) in [6.07, 6.45) is 1.62. The topological polar surface area (TPSA) is 50.8 Å². The quantitative estimate of drug-likeness (QED) is 0.748. The van der Waals surface area contributed by atoms with Crippen molar-refractivity contribution in [3.8, 4) is 0 Å². The lowest BCUT2D eigenvalue weighted by Crippen LogP contribution is -2.40. The Morgan fingerprint density at radius 2 is 2.04 bits per heavy atom. The minimum absolute atomic E-state index is 0.0726. The lowest BCUT2D eigenvalue weighted by molar-refractivity contribution is 0.138. The molecule has 1 aromatic carbocycles. The predicted octanol–water partition coefficient (Wildman–Crippen LogP) is 2.63. The van der Waals surface area contributed by atoms with Crippen molar-refractivity contribution in [1.82, 2.24) is 10.2 Å². The van der Waals surface area contributed by atoms with Gasteiger partial charge < -0.3 is 14.8 Å². The highest BCUT2D eigenvalue weighted by Crippen LogP contribution is 2.27. The van der Waals surface area contributed by atoms with E-state index in [1.54, 1.807) is 7.11 Å². The molecule has 23 heavy (non-hydrogen) atoms. The van der Waals surface area contributed by atoms with Crippen molar-refractivity contribution in [3.63, 3.8) is 0 Å². The first-order chi connectivity index (χ1) is 11.2. The van der Waals surface area contributed by atoms with E-state index in [4.69, 9.17) is 9.47 Å². The van der Waals surface area contributed by atoms with Gasteiger partial charge in [-0.05, 0) is 12.0 Å². The molecule has 0 saturated carbocycles. The highest BCUT2D eigenvalue weighted by molar-refractivity contribution is 5.68. The summed E-state index contributed by atoms with van der Waals surface area (Å²) in [7, 11) is 1.71. The number of nitrogens with one attached hydrogen (secondary N) is 1. The highest BCUT2D eigenvalue weighted by atomic mass is 16.5. The van der Waals surface area contributed by atoms with Crippen molar-refractivity contribution < 1.29 is 14.3 Å². The van der Waals surface area contributed by atoms with E-state index in [1.165, 1.54) is 5.56 Å². The van der Waals surface area contributed by atoms with Crippen LogP contribution < -0.4 is 5.32 Å². The summed E-state index contributed by atoms with van der Waals surface area (Å²) < 4.78 is 10.4. The molecule has 1 N–H and O–H groups in total. The van der Waals surface area contributed by atoms with Gasteiger partial charge >= 0.3 is 6.09 Å². The van der Waals surface area contributed by atoms with Gasteiger partial charge in [0.1, 0.15) is 0 Å². The number of likely N-dealkylation sites (tertiary alicyclic amines) is 1. The SMILES string of the molecule is CCCCOC(=O)N[C@@H]1CN(CCOC)C[C@H]1c1ccccc1.